The highest BCUT2D eigenvalue weighted by Crippen LogP contribution is 2.20. The molecule has 0 aliphatic heterocycles. The van der Waals surface area contributed by atoms with Crippen LogP contribution >= 0.6 is 0 Å². The molecule has 19 heavy (non-hydrogen) atoms. The molecule has 0 aliphatic carbocycles. The molecule has 0 amide bonds. The number of hydrogen-bond donors (Lipinski definition) is 1. The van der Waals surface area contributed by atoms with Gasteiger partial charge in [0, 0.05) is 5.39 Å². The Hall–Kier alpha value is -2.49. The molecule has 0 saturated carbocycles. The van der Waals surface area contributed by atoms with Crippen LogP contribution in [0.2, 0.25) is 0 Å². The van der Waals surface area contributed by atoms with Crippen molar-refractivity contribution in [3.05, 3.63) is 65.4 Å². The third kappa shape index (κ3) is 2.25. The molecule has 0 saturated heterocycles. The lowest BCUT2D eigenvalue weighted by Gasteiger charge is -1.93. The topological polar surface area (TPSA) is 28.7 Å². The number of halogens is 2. The maximum atomic E-state index is 13.5. The Bertz CT molecular complexity index is 742. The van der Waals surface area contributed by atoms with Gasteiger partial charge in [-0.15, -0.1) is 0 Å². The Morgan fingerprint density at radius 2 is 1.74 bits per heavy atom. The summed E-state index contributed by atoms with van der Waals surface area (Å²) in [5, 5.41) is 7.44. The van der Waals surface area contributed by atoms with E-state index >= 15 is 0 Å². The molecule has 4 heteroatoms. The Balaban J connectivity index is 1.97. The molecule has 1 aromatic heterocycles. The highest BCUT2D eigenvalue weighted by Gasteiger charge is 2.06. The number of benzene rings is 2. The van der Waals surface area contributed by atoms with E-state index in [2.05, 4.69) is 10.2 Å². The fourth-order valence-corrected chi connectivity index (χ4v) is 1.90. The Kier molecular flexibility index (Phi) is 2.83. The van der Waals surface area contributed by atoms with Crippen LogP contribution in [0.15, 0.2) is 42.5 Å². The van der Waals surface area contributed by atoms with E-state index in [9.17, 15) is 8.78 Å². The zero-order valence-corrected chi connectivity index (χ0v) is 9.90. The Labute approximate surface area is 108 Å². The summed E-state index contributed by atoms with van der Waals surface area (Å²) in [6.07, 6.45) is 3.61. The maximum absolute atomic E-state index is 13.5. The summed E-state index contributed by atoms with van der Waals surface area (Å²) < 4.78 is 26.2. The van der Waals surface area contributed by atoms with E-state index in [4.69, 9.17) is 0 Å². The second-order valence-electron chi connectivity index (χ2n) is 4.16. The average molecular weight is 256 g/mol. The minimum Gasteiger partial charge on any atom is -0.277 e. The predicted octanol–water partition coefficient (Wildman–Crippen LogP) is 4.01. The van der Waals surface area contributed by atoms with Gasteiger partial charge in [0.2, 0.25) is 0 Å². The van der Waals surface area contributed by atoms with Gasteiger partial charge in [-0.05, 0) is 29.8 Å². The van der Waals surface area contributed by atoms with Crippen LogP contribution in [0, 0.1) is 11.6 Å². The van der Waals surface area contributed by atoms with Crippen LogP contribution in [0.4, 0.5) is 8.78 Å². The number of fused-ring (bicyclic) bond motifs is 1. The van der Waals surface area contributed by atoms with Gasteiger partial charge in [-0.25, -0.2) is 8.78 Å². The van der Waals surface area contributed by atoms with Crippen LogP contribution < -0.4 is 0 Å². The van der Waals surface area contributed by atoms with Gasteiger partial charge in [0.05, 0.1) is 5.69 Å². The number of H-pyrrole nitrogens is 1. The van der Waals surface area contributed by atoms with Crippen LogP contribution in [0.1, 0.15) is 11.3 Å². The summed E-state index contributed by atoms with van der Waals surface area (Å²) in [4.78, 5) is 0. The molecule has 2 aromatic carbocycles. The fourth-order valence-electron chi connectivity index (χ4n) is 1.90. The highest BCUT2D eigenvalue weighted by molar-refractivity contribution is 5.89. The normalized spacial score (nSPS) is 11.5. The van der Waals surface area contributed by atoms with Gasteiger partial charge in [0.25, 0.3) is 0 Å². The molecule has 0 fully saturated rings. The van der Waals surface area contributed by atoms with Gasteiger partial charge in [0.1, 0.15) is 11.3 Å². The molecule has 0 unspecified atom stereocenters. The van der Waals surface area contributed by atoms with Gasteiger partial charge in [0.15, 0.2) is 5.82 Å². The lowest BCUT2D eigenvalue weighted by atomic mass is 10.1. The number of para-hydroxylation sites is 1. The number of hydrogen-bond acceptors (Lipinski definition) is 1. The zero-order valence-electron chi connectivity index (χ0n) is 9.90. The molecule has 0 radical (unpaired) electrons. The summed E-state index contributed by atoms with van der Waals surface area (Å²) in [5.41, 5.74) is 1.90. The van der Waals surface area contributed by atoms with Crippen molar-refractivity contribution in [2.75, 3.05) is 0 Å². The van der Waals surface area contributed by atoms with E-state index in [1.54, 1.807) is 30.3 Å². The molecular formula is C15H10F2N2. The molecule has 1 N–H and O–H groups in total. The summed E-state index contributed by atoms with van der Waals surface area (Å²) >= 11 is 0. The van der Waals surface area contributed by atoms with Crippen molar-refractivity contribution < 1.29 is 8.78 Å². The van der Waals surface area contributed by atoms with E-state index in [-0.39, 0.29) is 11.6 Å². The summed E-state index contributed by atoms with van der Waals surface area (Å²) in [5.74, 6) is -0.624. The van der Waals surface area contributed by atoms with Crippen LogP contribution in [-0.2, 0) is 0 Å². The number of aromatic amines is 1. The molecular weight excluding hydrogens is 246 g/mol. The van der Waals surface area contributed by atoms with Crippen LogP contribution in [0.25, 0.3) is 23.1 Å². The standard InChI is InChI=1S/C15H10F2N2/c16-11-7-4-10(5-8-11)6-9-14-12-2-1-3-13(17)15(12)19-18-14/h1-9H,(H,18,19)/b9-6+. The van der Waals surface area contributed by atoms with E-state index in [0.29, 0.717) is 5.52 Å². The molecule has 0 aliphatic rings. The van der Waals surface area contributed by atoms with Crippen LogP contribution in [0.3, 0.4) is 0 Å². The van der Waals surface area contributed by atoms with Crippen LogP contribution in [-0.4, -0.2) is 10.2 Å². The number of nitrogens with one attached hydrogen (secondary N) is 1. The molecule has 0 bridgehead atoms. The summed E-state index contributed by atoms with van der Waals surface area (Å²) in [6, 6.07) is 10.9. The van der Waals surface area contributed by atoms with Gasteiger partial charge in [-0.2, -0.15) is 5.10 Å². The van der Waals surface area contributed by atoms with Gasteiger partial charge in [-0.1, -0.05) is 30.3 Å². The first-order valence-electron chi connectivity index (χ1n) is 5.80. The van der Waals surface area contributed by atoms with E-state index < -0.39 is 0 Å². The second kappa shape index (κ2) is 4.65. The Morgan fingerprint density at radius 3 is 2.53 bits per heavy atom. The lowest BCUT2D eigenvalue weighted by Crippen LogP contribution is -1.76. The summed E-state index contributed by atoms with van der Waals surface area (Å²) in [7, 11) is 0. The number of rotatable bonds is 2. The molecule has 0 spiro atoms. The SMILES string of the molecule is Fc1ccc(/C=C/c2[nH]nc3c(F)cccc23)cc1. The molecule has 0 atom stereocenters. The maximum Gasteiger partial charge on any atom is 0.151 e. The first-order valence-corrected chi connectivity index (χ1v) is 5.80. The molecule has 3 rings (SSSR count). The lowest BCUT2D eigenvalue weighted by molar-refractivity contribution is 0.627. The first-order chi connectivity index (χ1) is 9.24. The second-order valence-corrected chi connectivity index (χ2v) is 4.16. The number of aromatic nitrogens is 2. The molecule has 2 nitrogen and oxygen atoms in total. The quantitative estimate of drug-likeness (QED) is 0.737. The minimum absolute atomic E-state index is 0.272. The van der Waals surface area contributed by atoms with Crippen molar-refractivity contribution in [1.82, 2.24) is 10.2 Å². The van der Waals surface area contributed by atoms with Crippen molar-refractivity contribution in [3.63, 3.8) is 0 Å². The van der Waals surface area contributed by atoms with E-state index in [1.807, 2.05) is 6.08 Å². The van der Waals surface area contributed by atoms with Gasteiger partial charge in [-0.3, -0.25) is 5.10 Å². The largest absolute Gasteiger partial charge is 0.277 e. The van der Waals surface area contributed by atoms with Crippen LogP contribution in [0.5, 0.6) is 0 Å². The van der Waals surface area contributed by atoms with Crippen molar-refractivity contribution in [2.45, 2.75) is 0 Å². The average Bonchev–Trinajstić information content (AvgIpc) is 2.83. The molecule has 3 aromatic rings. The van der Waals surface area contributed by atoms with Gasteiger partial charge >= 0.3 is 0 Å². The van der Waals surface area contributed by atoms with Crippen molar-refractivity contribution in [2.24, 2.45) is 0 Å². The van der Waals surface area contributed by atoms with E-state index in [1.165, 1.54) is 18.2 Å². The van der Waals surface area contributed by atoms with Crippen molar-refractivity contribution in [1.29, 1.82) is 0 Å². The summed E-state index contributed by atoms with van der Waals surface area (Å²) in [6.45, 7) is 0. The predicted molar refractivity (Wildman–Crippen MR) is 71.4 cm³/mol. The van der Waals surface area contributed by atoms with Crippen molar-refractivity contribution >= 4 is 23.1 Å². The van der Waals surface area contributed by atoms with Crippen molar-refractivity contribution in [3.8, 4) is 0 Å². The third-order valence-corrected chi connectivity index (χ3v) is 2.88. The Morgan fingerprint density at radius 1 is 0.947 bits per heavy atom. The highest BCUT2D eigenvalue weighted by atomic mass is 19.1. The number of nitrogens with zero attached hydrogens (tertiary/aromatic N) is 1. The van der Waals surface area contributed by atoms with Gasteiger partial charge < -0.3 is 0 Å². The smallest absolute Gasteiger partial charge is 0.151 e. The monoisotopic (exact) mass is 256 g/mol. The molecule has 1 heterocycles. The fraction of sp³-hybridized carbons (Fsp3) is 0. The van der Waals surface area contributed by atoms with E-state index in [0.717, 1.165) is 16.6 Å². The third-order valence-electron chi connectivity index (χ3n) is 2.88. The molecule has 94 valence electrons. The zero-order chi connectivity index (χ0) is 13.2. The first kappa shape index (κ1) is 11.6. The minimum atomic E-state index is -0.352.